The molecule has 0 aromatic carbocycles. The monoisotopic (exact) mass is 270 g/mol. The first-order valence-corrected chi connectivity index (χ1v) is 7.96. The van der Waals surface area contributed by atoms with Gasteiger partial charge in [-0.05, 0) is 57.3 Å². The molecule has 0 heteroatoms. The van der Waals surface area contributed by atoms with Gasteiger partial charge >= 0.3 is 0 Å². The van der Waals surface area contributed by atoms with Gasteiger partial charge in [-0.25, -0.2) is 0 Å². The summed E-state index contributed by atoms with van der Waals surface area (Å²) in [5, 5.41) is 0. The summed E-state index contributed by atoms with van der Waals surface area (Å²) in [4.78, 5) is 0. The van der Waals surface area contributed by atoms with E-state index in [1.165, 1.54) is 24.8 Å². The maximum atomic E-state index is 4.09. The molecule has 0 saturated heterocycles. The van der Waals surface area contributed by atoms with Crippen LogP contribution in [0.25, 0.3) is 0 Å². The van der Waals surface area contributed by atoms with Crippen LogP contribution in [0.1, 0.15) is 53.9 Å². The number of rotatable bonds is 3. The number of hydrogen-bond donors (Lipinski definition) is 0. The van der Waals surface area contributed by atoms with E-state index in [-0.39, 0.29) is 5.41 Å². The van der Waals surface area contributed by atoms with Crippen LogP contribution in [0, 0.1) is 22.7 Å². The molecule has 0 N–H and O–H groups in total. The van der Waals surface area contributed by atoms with E-state index in [0.717, 1.165) is 5.92 Å². The number of allylic oxidation sites excluding steroid dienone is 7. The Morgan fingerprint density at radius 1 is 1.35 bits per heavy atom. The largest absolute Gasteiger partial charge is 0.103 e. The normalized spacial score (nSPS) is 40.4. The summed E-state index contributed by atoms with van der Waals surface area (Å²) >= 11 is 0. The molecular weight excluding hydrogens is 240 g/mol. The Labute approximate surface area is 125 Å². The zero-order chi connectivity index (χ0) is 15.0. The molecule has 0 aromatic heterocycles. The highest BCUT2D eigenvalue weighted by molar-refractivity contribution is 5.28. The van der Waals surface area contributed by atoms with Gasteiger partial charge in [-0.1, -0.05) is 55.4 Å². The van der Waals surface area contributed by atoms with Crippen molar-refractivity contribution in [3.8, 4) is 0 Å². The van der Waals surface area contributed by atoms with Crippen LogP contribution in [-0.2, 0) is 0 Å². The summed E-state index contributed by atoms with van der Waals surface area (Å²) in [5.74, 6) is 1.48. The van der Waals surface area contributed by atoms with Gasteiger partial charge in [0.1, 0.15) is 0 Å². The molecule has 0 amide bonds. The molecule has 1 saturated carbocycles. The Morgan fingerprint density at radius 3 is 2.65 bits per heavy atom. The van der Waals surface area contributed by atoms with Gasteiger partial charge in [-0.15, -0.1) is 6.58 Å². The van der Waals surface area contributed by atoms with Gasteiger partial charge in [0.05, 0.1) is 0 Å². The number of fused-ring (bicyclic) bond motifs is 2. The molecule has 4 atom stereocenters. The minimum Gasteiger partial charge on any atom is -0.103 e. The van der Waals surface area contributed by atoms with E-state index in [4.69, 9.17) is 0 Å². The van der Waals surface area contributed by atoms with E-state index in [9.17, 15) is 0 Å². The van der Waals surface area contributed by atoms with Gasteiger partial charge in [-0.3, -0.25) is 0 Å². The number of hydrogen-bond acceptors (Lipinski definition) is 0. The van der Waals surface area contributed by atoms with E-state index in [0.29, 0.717) is 11.3 Å². The lowest BCUT2D eigenvalue weighted by atomic mass is 9.53. The lowest BCUT2D eigenvalue weighted by Crippen LogP contribution is -2.42. The molecule has 2 aliphatic carbocycles. The molecule has 0 radical (unpaired) electrons. The second-order valence-corrected chi connectivity index (χ2v) is 7.59. The van der Waals surface area contributed by atoms with Crippen molar-refractivity contribution in [2.75, 3.05) is 0 Å². The highest BCUT2D eigenvalue weighted by Crippen LogP contribution is 2.56. The topological polar surface area (TPSA) is 0 Å². The summed E-state index contributed by atoms with van der Waals surface area (Å²) in [6.07, 6.45) is 15.5. The Morgan fingerprint density at radius 2 is 2.05 bits per heavy atom. The molecule has 2 bridgehead atoms. The maximum Gasteiger partial charge on any atom is 0.00669 e. The fraction of sp³-hybridized carbons (Fsp3) is 0.600. The SMILES string of the molecule is C=CC1(C)CCC2CC1C(C)=CC2(C)C=CC=C(C)C. The van der Waals surface area contributed by atoms with Crippen LogP contribution in [-0.4, -0.2) is 0 Å². The predicted octanol–water partition coefficient (Wildman–Crippen LogP) is 6.08. The smallest absolute Gasteiger partial charge is 0.00669 e. The molecule has 0 nitrogen and oxygen atoms in total. The average Bonchev–Trinajstić information content (AvgIpc) is 2.37. The maximum absolute atomic E-state index is 4.09. The van der Waals surface area contributed by atoms with Crippen molar-refractivity contribution in [2.24, 2.45) is 22.7 Å². The second kappa shape index (κ2) is 5.39. The molecule has 110 valence electrons. The minimum atomic E-state index is 0.231. The quantitative estimate of drug-likeness (QED) is 0.430. The molecule has 0 heterocycles. The van der Waals surface area contributed by atoms with Crippen molar-refractivity contribution in [3.05, 3.63) is 48.1 Å². The standard InChI is InChI=1S/C20H30/c1-7-19(5)12-10-17-13-18(19)16(4)14-20(17,6)11-8-9-15(2)3/h7-9,11,14,17-18H,1,10,12-13H2,2-6H3. The van der Waals surface area contributed by atoms with Crippen LogP contribution >= 0.6 is 0 Å². The lowest BCUT2D eigenvalue weighted by molar-refractivity contribution is 0.0923. The fourth-order valence-corrected chi connectivity index (χ4v) is 4.19. The Balaban J connectivity index is 2.32. The molecule has 1 fully saturated rings. The predicted molar refractivity (Wildman–Crippen MR) is 89.6 cm³/mol. The van der Waals surface area contributed by atoms with Crippen LogP contribution in [0.15, 0.2) is 48.1 Å². The summed E-state index contributed by atoms with van der Waals surface area (Å²) < 4.78 is 0. The molecule has 0 aromatic rings. The first kappa shape index (κ1) is 15.4. The van der Waals surface area contributed by atoms with Gasteiger partial charge in [0.15, 0.2) is 0 Å². The van der Waals surface area contributed by atoms with Crippen LogP contribution in [0.4, 0.5) is 0 Å². The van der Waals surface area contributed by atoms with Crippen LogP contribution in [0.5, 0.6) is 0 Å². The van der Waals surface area contributed by atoms with E-state index < -0.39 is 0 Å². The van der Waals surface area contributed by atoms with Gasteiger partial charge < -0.3 is 0 Å². The van der Waals surface area contributed by atoms with Gasteiger partial charge in [0.25, 0.3) is 0 Å². The van der Waals surface area contributed by atoms with Crippen molar-refractivity contribution in [2.45, 2.75) is 53.9 Å². The highest BCUT2D eigenvalue weighted by atomic mass is 14.5. The molecule has 4 unspecified atom stereocenters. The molecule has 0 spiro atoms. The second-order valence-electron chi connectivity index (χ2n) is 7.59. The van der Waals surface area contributed by atoms with Crippen molar-refractivity contribution >= 4 is 0 Å². The minimum absolute atomic E-state index is 0.231. The Kier molecular flexibility index (Phi) is 4.14. The van der Waals surface area contributed by atoms with Gasteiger partial charge in [0.2, 0.25) is 0 Å². The molecule has 2 aliphatic rings. The summed E-state index contributed by atoms with van der Waals surface area (Å²) in [5.41, 5.74) is 3.46. The van der Waals surface area contributed by atoms with Crippen LogP contribution in [0.2, 0.25) is 0 Å². The molecular formula is C20H30. The first-order chi connectivity index (χ1) is 9.31. The molecule has 20 heavy (non-hydrogen) atoms. The van der Waals surface area contributed by atoms with Crippen molar-refractivity contribution < 1.29 is 0 Å². The molecule has 2 rings (SSSR count). The van der Waals surface area contributed by atoms with Crippen molar-refractivity contribution in [1.29, 1.82) is 0 Å². The lowest BCUT2D eigenvalue weighted by Gasteiger charge is -2.51. The summed E-state index contributed by atoms with van der Waals surface area (Å²) in [7, 11) is 0. The van der Waals surface area contributed by atoms with Crippen molar-refractivity contribution in [1.82, 2.24) is 0 Å². The Bertz CT molecular complexity index is 472. The zero-order valence-corrected chi connectivity index (χ0v) is 13.9. The van der Waals surface area contributed by atoms with E-state index in [2.05, 4.69) is 71.6 Å². The van der Waals surface area contributed by atoms with E-state index in [1.807, 2.05) is 0 Å². The fourth-order valence-electron chi connectivity index (χ4n) is 4.19. The van der Waals surface area contributed by atoms with E-state index >= 15 is 0 Å². The third-order valence-electron chi connectivity index (χ3n) is 5.67. The first-order valence-electron chi connectivity index (χ1n) is 7.96. The summed E-state index contributed by atoms with van der Waals surface area (Å²) in [6.45, 7) is 15.5. The summed E-state index contributed by atoms with van der Waals surface area (Å²) in [6, 6.07) is 0. The van der Waals surface area contributed by atoms with Crippen LogP contribution < -0.4 is 0 Å². The van der Waals surface area contributed by atoms with Gasteiger partial charge in [-0.2, -0.15) is 0 Å². The average molecular weight is 270 g/mol. The van der Waals surface area contributed by atoms with Gasteiger partial charge in [0, 0.05) is 5.41 Å². The third-order valence-corrected chi connectivity index (χ3v) is 5.67. The third kappa shape index (κ3) is 2.71. The van der Waals surface area contributed by atoms with E-state index in [1.54, 1.807) is 5.57 Å². The van der Waals surface area contributed by atoms with Crippen molar-refractivity contribution in [3.63, 3.8) is 0 Å². The molecule has 0 aliphatic heterocycles. The zero-order valence-electron chi connectivity index (χ0n) is 13.9. The van der Waals surface area contributed by atoms with Crippen LogP contribution in [0.3, 0.4) is 0 Å². The Hall–Kier alpha value is -1.04. The highest BCUT2D eigenvalue weighted by Gasteiger charge is 2.46.